The number of ketones is 1. The highest BCUT2D eigenvalue weighted by molar-refractivity contribution is 5.94. The largest absolute Gasteiger partial charge is 0.435 e. The van der Waals surface area contributed by atoms with Crippen molar-refractivity contribution in [1.29, 1.82) is 0 Å². The molecule has 0 bridgehead atoms. The predicted molar refractivity (Wildman–Crippen MR) is 92.5 cm³/mol. The minimum atomic E-state index is -4.52. The van der Waals surface area contributed by atoms with Crippen molar-refractivity contribution in [2.24, 2.45) is 0 Å². The van der Waals surface area contributed by atoms with Crippen LogP contribution in [-0.2, 0) is 17.5 Å². The Balaban J connectivity index is 1.54. The standard InChI is InChI=1S/C18H19F3N4O2/c1-13(26)14-2-4-15(5-3-14)23-8-10-24(11-9-23)17(27)12-25-7-6-16(22-25)18(19,20)21/h2-7H,8-12H2,1H3. The number of carbonyl (C=O) groups excluding carboxylic acids is 2. The van der Waals surface area contributed by atoms with E-state index in [0.29, 0.717) is 31.7 Å². The molecule has 1 aliphatic heterocycles. The fourth-order valence-corrected chi connectivity index (χ4v) is 2.96. The molecule has 1 fully saturated rings. The molecular formula is C18H19F3N4O2. The third-order valence-electron chi connectivity index (χ3n) is 4.50. The van der Waals surface area contributed by atoms with E-state index in [-0.39, 0.29) is 18.2 Å². The van der Waals surface area contributed by atoms with Crippen LogP contribution in [0.3, 0.4) is 0 Å². The molecule has 1 saturated heterocycles. The molecule has 9 heteroatoms. The van der Waals surface area contributed by atoms with E-state index in [1.54, 1.807) is 17.0 Å². The summed E-state index contributed by atoms with van der Waals surface area (Å²) in [5.41, 5.74) is 0.605. The molecule has 1 amide bonds. The number of amides is 1. The summed E-state index contributed by atoms with van der Waals surface area (Å²) >= 11 is 0. The Morgan fingerprint density at radius 3 is 2.19 bits per heavy atom. The second kappa shape index (κ2) is 7.42. The fourth-order valence-electron chi connectivity index (χ4n) is 2.96. The monoisotopic (exact) mass is 380 g/mol. The number of hydrogen-bond donors (Lipinski definition) is 0. The Labute approximate surface area is 154 Å². The van der Waals surface area contributed by atoms with E-state index in [4.69, 9.17) is 0 Å². The molecule has 1 aromatic carbocycles. The highest BCUT2D eigenvalue weighted by Gasteiger charge is 2.33. The third-order valence-corrected chi connectivity index (χ3v) is 4.50. The van der Waals surface area contributed by atoms with E-state index in [1.807, 2.05) is 12.1 Å². The van der Waals surface area contributed by atoms with E-state index >= 15 is 0 Å². The van der Waals surface area contributed by atoms with E-state index in [2.05, 4.69) is 10.00 Å². The molecule has 0 spiro atoms. The number of alkyl halides is 3. The van der Waals surface area contributed by atoms with Crippen molar-refractivity contribution in [3.63, 3.8) is 0 Å². The van der Waals surface area contributed by atoms with Crippen molar-refractivity contribution in [3.05, 3.63) is 47.8 Å². The molecule has 0 saturated carbocycles. The van der Waals surface area contributed by atoms with Gasteiger partial charge in [0.2, 0.25) is 5.91 Å². The van der Waals surface area contributed by atoms with Gasteiger partial charge < -0.3 is 9.80 Å². The van der Waals surface area contributed by atoms with Gasteiger partial charge >= 0.3 is 6.18 Å². The zero-order valence-electron chi connectivity index (χ0n) is 14.7. The molecule has 1 aliphatic rings. The normalized spacial score (nSPS) is 15.1. The SMILES string of the molecule is CC(=O)c1ccc(N2CCN(C(=O)Cn3ccc(C(F)(F)F)n3)CC2)cc1. The zero-order valence-corrected chi connectivity index (χ0v) is 14.7. The number of piperazine rings is 1. The molecule has 0 atom stereocenters. The van der Waals surface area contributed by atoms with Gasteiger partial charge in [-0.25, -0.2) is 0 Å². The van der Waals surface area contributed by atoms with Gasteiger partial charge in [-0.2, -0.15) is 18.3 Å². The van der Waals surface area contributed by atoms with E-state index in [1.165, 1.54) is 6.92 Å². The second-order valence-corrected chi connectivity index (χ2v) is 6.37. The first-order valence-corrected chi connectivity index (χ1v) is 8.48. The van der Waals surface area contributed by atoms with Gasteiger partial charge in [0.05, 0.1) is 0 Å². The molecule has 6 nitrogen and oxygen atoms in total. The summed E-state index contributed by atoms with van der Waals surface area (Å²) < 4.78 is 38.7. The van der Waals surface area contributed by atoms with Crippen LogP contribution in [-0.4, -0.2) is 52.5 Å². The molecule has 0 N–H and O–H groups in total. The van der Waals surface area contributed by atoms with Gasteiger partial charge in [-0.15, -0.1) is 0 Å². The van der Waals surface area contributed by atoms with Gasteiger partial charge in [-0.3, -0.25) is 14.3 Å². The maximum Gasteiger partial charge on any atom is 0.435 e. The van der Waals surface area contributed by atoms with Crippen molar-refractivity contribution >= 4 is 17.4 Å². The molecule has 2 aromatic rings. The molecule has 0 aliphatic carbocycles. The first-order chi connectivity index (χ1) is 12.7. The first-order valence-electron chi connectivity index (χ1n) is 8.48. The quantitative estimate of drug-likeness (QED) is 0.765. The average molecular weight is 380 g/mol. The first kappa shape index (κ1) is 18.9. The van der Waals surface area contributed by atoms with E-state index < -0.39 is 11.9 Å². The molecule has 2 heterocycles. The molecule has 0 radical (unpaired) electrons. The summed E-state index contributed by atoms with van der Waals surface area (Å²) in [6.07, 6.45) is -3.36. The molecule has 1 aromatic heterocycles. The average Bonchev–Trinajstić information content (AvgIpc) is 3.11. The van der Waals surface area contributed by atoms with Crippen LogP contribution in [0.15, 0.2) is 36.5 Å². The highest BCUT2D eigenvalue weighted by Crippen LogP contribution is 2.27. The van der Waals surface area contributed by atoms with Crippen LogP contribution in [0.5, 0.6) is 0 Å². The summed E-state index contributed by atoms with van der Waals surface area (Å²) in [4.78, 5) is 27.4. The van der Waals surface area contributed by atoms with Crippen molar-refractivity contribution in [3.8, 4) is 0 Å². The number of halogens is 3. The molecule has 144 valence electrons. The fraction of sp³-hybridized carbons (Fsp3) is 0.389. The van der Waals surface area contributed by atoms with Crippen LogP contribution in [0.25, 0.3) is 0 Å². The number of aromatic nitrogens is 2. The lowest BCUT2D eigenvalue weighted by atomic mass is 10.1. The lowest BCUT2D eigenvalue weighted by molar-refractivity contribution is -0.142. The van der Waals surface area contributed by atoms with Crippen molar-refractivity contribution < 1.29 is 22.8 Å². The Hall–Kier alpha value is -2.84. The van der Waals surface area contributed by atoms with Crippen LogP contribution in [0.4, 0.5) is 18.9 Å². The number of benzene rings is 1. The van der Waals surface area contributed by atoms with Crippen molar-refractivity contribution in [2.75, 3.05) is 31.1 Å². The Morgan fingerprint density at radius 1 is 1.04 bits per heavy atom. The van der Waals surface area contributed by atoms with Crippen LogP contribution in [0.2, 0.25) is 0 Å². The number of Topliss-reactive ketones (excluding diaryl/α,β-unsaturated/α-hetero) is 1. The van der Waals surface area contributed by atoms with Gasteiger partial charge in [-0.05, 0) is 37.3 Å². The topological polar surface area (TPSA) is 58.4 Å². The summed E-state index contributed by atoms with van der Waals surface area (Å²) in [5.74, 6) is -0.261. The lowest BCUT2D eigenvalue weighted by Crippen LogP contribution is -2.49. The van der Waals surface area contributed by atoms with Crippen LogP contribution < -0.4 is 4.90 Å². The van der Waals surface area contributed by atoms with Gasteiger partial charge in [0.25, 0.3) is 0 Å². The van der Waals surface area contributed by atoms with Gasteiger partial charge in [0.15, 0.2) is 11.5 Å². The number of anilines is 1. The van der Waals surface area contributed by atoms with E-state index in [9.17, 15) is 22.8 Å². The predicted octanol–water partition coefficient (Wildman–Crippen LogP) is 2.45. The van der Waals surface area contributed by atoms with Crippen LogP contribution in [0.1, 0.15) is 23.0 Å². The molecule has 0 unspecified atom stereocenters. The summed E-state index contributed by atoms with van der Waals surface area (Å²) in [6.45, 7) is 3.46. The number of rotatable bonds is 4. The highest BCUT2D eigenvalue weighted by atomic mass is 19.4. The van der Waals surface area contributed by atoms with Crippen LogP contribution in [0, 0.1) is 0 Å². The number of hydrogen-bond acceptors (Lipinski definition) is 4. The maximum absolute atomic E-state index is 12.6. The number of nitrogens with zero attached hydrogens (tertiary/aromatic N) is 4. The lowest BCUT2D eigenvalue weighted by Gasteiger charge is -2.36. The Morgan fingerprint density at radius 2 is 1.67 bits per heavy atom. The Kier molecular flexibility index (Phi) is 5.20. The molecule has 3 rings (SSSR count). The number of carbonyl (C=O) groups is 2. The smallest absolute Gasteiger partial charge is 0.368 e. The molecule has 27 heavy (non-hydrogen) atoms. The zero-order chi connectivity index (χ0) is 19.6. The van der Waals surface area contributed by atoms with Crippen LogP contribution >= 0.6 is 0 Å². The van der Waals surface area contributed by atoms with Crippen molar-refractivity contribution in [1.82, 2.24) is 14.7 Å². The minimum Gasteiger partial charge on any atom is -0.368 e. The molecular weight excluding hydrogens is 361 g/mol. The summed E-state index contributed by atoms with van der Waals surface area (Å²) in [7, 11) is 0. The Bertz CT molecular complexity index is 822. The van der Waals surface area contributed by atoms with Crippen molar-refractivity contribution in [2.45, 2.75) is 19.6 Å². The van der Waals surface area contributed by atoms with E-state index in [0.717, 1.165) is 22.6 Å². The minimum absolute atomic E-state index is 0.00395. The maximum atomic E-state index is 12.6. The van der Waals surface area contributed by atoms with Gasteiger partial charge in [-0.1, -0.05) is 0 Å². The summed E-state index contributed by atoms with van der Waals surface area (Å²) in [6, 6.07) is 8.14. The van der Waals surface area contributed by atoms with Gasteiger partial charge in [0, 0.05) is 43.6 Å². The third kappa shape index (κ3) is 4.47. The van der Waals surface area contributed by atoms with Gasteiger partial charge in [0.1, 0.15) is 6.54 Å². The second-order valence-electron chi connectivity index (χ2n) is 6.37. The summed E-state index contributed by atoms with van der Waals surface area (Å²) in [5, 5.41) is 3.41.